The van der Waals surface area contributed by atoms with Gasteiger partial charge < -0.3 is 14.8 Å². The number of ether oxygens (including phenoxy) is 2. The largest absolute Gasteiger partial charge is 0.497 e. The Morgan fingerprint density at radius 1 is 1.00 bits per heavy atom. The van der Waals surface area contributed by atoms with Crippen molar-refractivity contribution in [1.82, 2.24) is 4.72 Å². The van der Waals surface area contributed by atoms with Crippen molar-refractivity contribution in [2.45, 2.75) is 38.1 Å². The van der Waals surface area contributed by atoms with E-state index in [0.29, 0.717) is 23.6 Å². The molecule has 1 amide bonds. The van der Waals surface area contributed by atoms with E-state index >= 15 is 0 Å². The Hall–Kier alpha value is -2.91. The number of nitrogens with one attached hydrogen (secondary N) is 2. The third-order valence-electron chi connectivity index (χ3n) is 4.43. The Morgan fingerprint density at radius 3 is 2.13 bits per heavy atom. The molecule has 0 fully saturated rings. The molecule has 0 aromatic heterocycles. The molecule has 0 aliphatic carbocycles. The number of sulfonamides is 1. The summed E-state index contributed by atoms with van der Waals surface area (Å²) in [6.07, 6.45) is 0.725. The van der Waals surface area contributed by atoms with Gasteiger partial charge in [0.05, 0.1) is 24.2 Å². The summed E-state index contributed by atoms with van der Waals surface area (Å²) in [6.45, 7) is 5.73. The average Bonchev–Trinajstić information content (AvgIpc) is 2.76. The van der Waals surface area contributed by atoms with E-state index in [1.54, 1.807) is 38.1 Å². The van der Waals surface area contributed by atoms with E-state index in [4.69, 9.17) is 9.47 Å². The molecule has 0 heterocycles. The monoisotopic (exact) mass is 448 g/mol. The molecule has 0 unspecified atom stereocenters. The average molecular weight is 449 g/mol. The second-order valence-corrected chi connectivity index (χ2v) is 8.94. The summed E-state index contributed by atoms with van der Waals surface area (Å²) in [6, 6.07) is 11.1. The molecular weight excluding hydrogens is 420 g/mol. The summed E-state index contributed by atoms with van der Waals surface area (Å²) in [5.41, 5.74) is 0.804. The summed E-state index contributed by atoms with van der Waals surface area (Å²) >= 11 is 0. The van der Waals surface area contributed by atoms with Crippen LogP contribution in [-0.4, -0.2) is 40.1 Å². The summed E-state index contributed by atoms with van der Waals surface area (Å²) in [4.78, 5) is 24.7. The summed E-state index contributed by atoms with van der Waals surface area (Å²) < 4.78 is 38.0. The highest BCUT2D eigenvalue weighted by Crippen LogP contribution is 2.18. The van der Waals surface area contributed by atoms with Crippen molar-refractivity contribution in [3.8, 4) is 5.75 Å². The van der Waals surface area contributed by atoms with Crippen molar-refractivity contribution in [1.29, 1.82) is 0 Å². The Labute approximate surface area is 183 Å². The first kappa shape index (κ1) is 24.4. The van der Waals surface area contributed by atoms with Crippen LogP contribution in [0, 0.1) is 5.92 Å². The summed E-state index contributed by atoms with van der Waals surface area (Å²) in [5, 5.41) is 2.69. The predicted molar refractivity (Wildman–Crippen MR) is 118 cm³/mol. The van der Waals surface area contributed by atoms with E-state index in [2.05, 4.69) is 10.0 Å². The van der Waals surface area contributed by atoms with Gasteiger partial charge in [0, 0.05) is 5.69 Å². The van der Waals surface area contributed by atoms with E-state index in [1.807, 2.05) is 6.92 Å². The van der Waals surface area contributed by atoms with E-state index < -0.39 is 27.9 Å². The quantitative estimate of drug-likeness (QED) is 0.540. The van der Waals surface area contributed by atoms with Crippen molar-refractivity contribution in [3.05, 3.63) is 54.1 Å². The van der Waals surface area contributed by atoms with Crippen LogP contribution in [-0.2, 0) is 19.6 Å². The van der Waals surface area contributed by atoms with Gasteiger partial charge >= 0.3 is 5.97 Å². The molecule has 0 aliphatic rings. The highest BCUT2D eigenvalue weighted by molar-refractivity contribution is 7.89. The minimum Gasteiger partial charge on any atom is -0.497 e. The zero-order valence-corrected chi connectivity index (χ0v) is 18.9. The second kappa shape index (κ2) is 10.9. The fourth-order valence-electron chi connectivity index (χ4n) is 2.67. The number of amides is 1. The lowest BCUT2D eigenvalue weighted by Gasteiger charge is -2.22. The van der Waals surface area contributed by atoms with Crippen molar-refractivity contribution in [3.63, 3.8) is 0 Å². The Kier molecular flexibility index (Phi) is 8.58. The normalized spacial score (nSPS) is 12.3. The number of anilines is 1. The SMILES string of the molecule is CCCOC(=O)c1ccc(NC(=O)[C@@H](NS(=O)(=O)c2ccc(OC)cc2)C(C)C)cc1. The van der Waals surface area contributed by atoms with Gasteiger partial charge in [-0.15, -0.1) is 0 Å². The minimum absolute atomic E-state index is 0.0293. The van der Waals surface area contributed by atoms with Crippen LogP contribution in [0.4, 0.5) is 5.69 Å². The van der Waals surface area contributed by atoms with Gasteiger partial charge in [-0.25, -0.2) is 13.2 Å². The second-order valence-electron chi connectivity index (χ2n) is 7.22. The number of hydrogen-bond donors (Lipinski definition) is 2. The van der Waals surface area contributed by atoms with Crippen LogP contribution < -0.4 is 14.8 Å². The van der Waals surface area contributed by atoms with Crippen molar-refractivity contribution >= 4 is 27.6 Å². The van der Waals surface area contributed by atoms with E-state index in [-0.39, 0.29) is 10.8 Å². The van der Waals surface area contributed by atoms with Gasteiger partial charge in [0.2, 0.25) is 15.9 Å². The first-order chi connectivity index (χ1) is 14.7. The Bertz CT molecular complexity index is 986. The Morgan fingerprint density at radius 2 is 1.61 bits per heavy atom. The molecule has 1 atom stereocenters. The molecule has 8 nitrogen and oxygen atoms in total. The van der Waals surface area contributed by atoms with Crippen LogP contribution in [0.15, 0.2) is 53.4 Å². The number of rotatable bonds is 10. The van der Waals surface area contributed by atoms with Crippen molar-refractivity contribution in [2.24, 2.45) is 5.92 Å². The van der Waals surface area contributed by atoms with Crippen LogP contribution in [0.3, 0.4) is 0 Å². The van der Waals surface area contributed by atoms with Crippen LogP contribution in [0.5, 0.6) is 5.75 Å². The zero-order chi connectivity index (χ0) is 23.0. The summed E-state index contributed by atoms with van der Waals surface area (Å²) in [7, 11) is -2.43. The molecule has 168 valence electrons. The van der Waals surface area contributed by atoms with Crippen LogP contribution >= 0.6 is 0 Å². The van der Waals surface area contributed by atoms with Gasteiger partial charge in [-0.05, 0) is 60.9 Å². The van der Waals surface area contributed by atoms with Gasteiger partial charge in [0.1, 0.15) is 11.8 Å². The molecule has 31 heavy (non-hydrogen) atoms. The smallest absolute Gasteiger partial charge is 0.338 e. The van der Waals surface area contributed by atoms with Crippen LogP contribution in [0.2, 0.25) is 0 Å². The fraction of sp³-hybridized carbons (Fsp3) is 0.364. The molecule has 2 aromatic carbocycles. The van der Waals surface area contributed by atoms with Gasteiger partial charge in [0.15, 0.2) is 0 Å². The fourth-order valence-corrected chi connectivity index (χ4v) is 4.01. The predicted octanol–water partition coefficient (Wildman–Crippen LogP) is 3.20. The number of benzene rings is 2. The molecule has 0 radical (unpaired) electrons. The summed E-state index contributed by atoms with van der Waals surface area (Å²) in [5.74, 6) is -0.726. The number of carbonyl (C=O) groups is 2. The van der Waals surface area contributed by atoms with Gasteiger partial charge in [0.25, 0.3) is 0 Å². The van der Waals surface area contributed by atoms with Crippen LogP contribution in [0.25, 0.3) is 0 Å². The van der Waals surface area contributed by atoms with Gasteiger partial charge in [-0.1, -0.05) is 20.8 Å². The maximum Gasteiger partial charge on any atom is 0.338 e. The highest BCUT2D eigenvalue weighted by atomic mass is 32.2. The molecule has 0 saturated carbocycles. The Balaban J connectivity index is 2.10. The molecule has 2 N–H and O–H groups in total. The maximum absolute atomic E-state index is 12.8. The van der Waals surface area contributed by atoms with Crippen molar-refractivity contribution < 1.29 is 27.5 Å². The van der Waals surface area contributed by atoms with E-state index in [0.717, 1.165) is 6.42 Å². The number of esters is 1. The lowest BCUT2D eigenvalue weighted by Crippen LogP contribution is -2.47. The highest BCUT2D eigenvalue weighted by Gasteiger charge is 2.28. The lowest BCUT2D eigenvalue weighted by molar-refractivity contribution is -0.118. The van der Waals surface area contributed by atoms with Gasteiger partial charge in [-0.3, -0.25) is 4.79 Å². The molecule has 9 heteroatoms. The third-order valence-corrected chi connectivity index (χ3v) is 5.88. The number of methoxy groups -OCH3 is 1. The molecule has 0 saturated heterocycles. The molecular formula is C22H28N2O6S. The van der Waals surface area contributed by atoms with E-state index in [1.165, 1.54) is 31.4 Å². The maximum atomic E-state index is 12.8. The van der Waals surface area contributed by atoms with Gasteiger partial charge in [-0.2, -0.15) is 4.72 Å². The molecule has 2 aromatic rings. The van der Waals surface area contributed by atoms with Crippen molar-refractivity contribution in [2.75, 3.05) is 19.0 Å². The first-order valence-corrected chi connectivity index (χ1v) is 11.4. The topological polar surface area (TPSA) is 111 Å². The van der Waals surface area contributed by atoms with E-state index in [9.17, 15) is 18.0 Å². The number of carbonyl (C=O) groups excluding carboxylic acids is 2. The zero-order valence-electron chi connectivity index (χ0n) is 18.0. The first-order valence-electron chi connectivity index (χ1n) is 9.92. The molecule has 2 rings (SSSR count). The standard InChI is InChI=1S/C22H28N2O6S/c1-5-14-30-22(26)16-6-8-17(9-7-16)23-21(25)20(15(2)3)24-31(27,28)19-12-10-18(29-4)11-13-19/h6-13,15,20,24H,5,14H2,1-4H3,(H,23,25)/t20-/m0/s1. The third kappa shape index (κ3) is 6.80. The molecule has 0 bridgehead atoms. The molecule has 0 spiro atoms. The van der Waals surface area contributed by atoms with Crippen LogP contribution in [0.1, 0.15) is 37.6 Å². The number of hydrogen-bond acceptors (Lipinski definition) is 6. The molecule has 0 aliphatic heterocycles. The lowest BCUT2D eigenvalue weighted by atomic mass is 10.0. The minimum atomic E-state index is -3.92.